The Morgan fingerprint density at radius 2 is 1.82 bits per heavy atom. The van der Waals surface area contributed by atoms with Crippen LogP contribution in [0.1, 0.15) is 59.9 Å². The molecule has 0 radical (unpaired) electrons. The Morgan fingerprint density at radius 3 is 2.50 bits per heavy atom. The van der Waals surface area contributed by atoms with Crippen molar-refractivity contribution in [1.82, 2.24) is 0 Å². The molecule has 0 aromatic heterocycles. The summed E-state index contributed by atoms with van der Waals surface area (Å²) in [5, 5.41) is 0. The molecule has 0 saturated heterocycles. The zero-order valence-electron chi connectivity index (χ0n) is 15.4. The number of benzene rings is 2. The zero-order chi connectivity index (χ0) is 19.9. The quantitative estimate of drug-likeness (QED) is 0.445. The smallest absolute Gasteiger partial charge is 0.353 e. The van der Waals surface area contributed by atoms with Crippen molar-refractivity contribution in [3.05, 3.63) is 64.5 Å². The van der Waals surface area contributed by atoms with Gasteiger partial charge in [0.25, 0.3) is 0 Å². The zero-order valence-corrected chi connectivity index (χ0v) is 15.4. The van der Waals surface area contributed by atoms with Crippen LogP contribution in [0.4, 0.5) is 23.2 Å². The van der Waals surface area contributed by atoms with E-state index in [2.05, 4.69) is 10.8 Å². The second-order valence-corrected chi connectivity index (χ2v) is 7.63. The number of hydrogen-bond donors (Lipinski definition) is 0. The second-order valence-electron chi connectivity index (χ2n) is 7.63. The van der Waals surface area contributed by atoms with Gasteiger partial charge in [-0.1, -0.05) is 12.0 Å². The monoisotopic (exact) mass is 387 g/mol. The minimum absolute atomic E-state index is 0.111. The van der Waals surface area contributed by atoms with E-state index in [-0.39, 0.29) is 17.8 Å². The SMILES string of the molecule is C#CCN1c2ccc(F)cc2CCCC1c1ccc(C(F)(F)F)cc1C1CC1. The summed E-state index contributed by atoms with van der Waals surface area (Å²) in [6.45, 7) is 0.328. The molecule has 28 heavy (non-hydrogen) atoms. The average molecular weight is 387 g/mol. The van der Waals surface area contributed by atoms with E-state index in [1.807, 2.05) is 0 Å². The van der Waals surface area contributed by atoms with Gasteiger partial charge in [0.15, 0.2) is 0 Å². The highest BCUT2D eigenvalue weighted by Gasteiger charge is 2.36. The number of terminal acetylenes is 1. The first kappa shape index (κ1) is 18.9. The van der Waals surface area contributed by atoms with E-state index < -0.39 is 11.7 Å². The van der Waals surface area contributed by atoms with Gasteiger partial charge in [0.05, 0.1) is 18.2 Å². The van der Waals surface area contributed by atoms with Gasteiger partial charge in [-0.3, -0.25) is 0 Å². The first-order valence-corrected chi connectivity index (χ1v) is 9.58. The standard InChI is InChI=1S/C23H21F4N/c1-2-12-28-21-11-9-18(24)13-16(21)4-3-5-22(28)19-10-8-17(23(25,26)27)14-20(19)15-6-7-15/h1,8-11,13-15,22H,3-7,12H2. The molecule has 5 heteroatoms. The van der Waals surface area contributed by atoms with Crippen LogP contribution in [0.15, 0.2) is 36.4 Å². The van der Waals surface area contributed by atoms with Gasteiger partial charge < -0.3 is 4.90 Å². The number of nitrogens with zero attached hydrogens (tertiary/aromatic N) is 1. The van der Waals surface area contributed by atoms with Crippen LogP contribution in [0.3, 0.4) is 0 Å². The van der Waals surface area contributed by atoms with Crippen molar-refractivity contribution in [3.63, 3.8) is 0 Å². The number of alkyl halides is 3. The molecule has 4 rings (SSSR count). The maximum absolute atomic E-state index is 13.7. The topological polar surface area (TPSA) is 3.24 Å². The lowest BCUT2D eigenvalue weighted by Crippen LogP contribution is -2.29. The molecule has 0 spiro atoms. The Bertz CT molecular complexity index is 921. The Morgan fingerprint density at radius 1 is 1.04 bits per heavy atom. The Hall–Kier alpha value is -2.48. The minimum atomic E-state index is -4.35. The highest BCUT2D eigenvalue weighted by atomic mass is 19.4. The third-order valence-corrected chi connectivity index (χ3v) is 5.70. The van der Waals surface area contributed by atoms with Crippen molar-refractivity contribution in [3.8, 4) is 12.3 Å². The summed E-state index contributed by atoms with van der Waals surface area (Å²) < 4.78 is 53.5. The van der Waals surface area contributed by atoms with E-state index in [0.717, 1.165) is 54.5 Å². The van der Waals surface area contributed by atoms with Gasteiger partial charge >= 0.3 is 6.18 Å². The molecular weight excluding hydrogens is 366 g/mol. The Balaban J connectivity index is 1.81. The van der Waals surface area contributed by atoms with Gasteiger partial charge in [-0.05, 0) is 85.0 Å². The lowest BCUT2D eigenvalue weighted by atomic mass is 9.91. The summed E-state index contributed by atoms with van der Waals surface area (Å²) in [4.78, 5) is 2.05. The maximum Gasteiger partial charge on any atom is 0.416 e. The number of anilines is 1. The molecule has 0 N–H and O–H groups in total. The van der Waals surface area contributed by atoms with Crippen molar-refractivity contribution < 1.29 is 17.6 Å². The summed E-state index contributed by atoms with van der Waals surface area (Å²) >= 11 is 0. The van der Waals surface area contributed by atoms with Crippen LogP contribution < -0.4 is 4.90 Å². The second kappa shape index (κ2) is 7.16. The normalized spacial score (nSPS) is 19.7. The van der Waals surface area contributed by atoms with E-state index in [9.17, 15) is 17.6 Å². The predicted octanol–water partition coefficient (Wildman–Crippen LogP) is 6.24. The lowest BCUT2D eigenvalue weighted by Gasteiger charge is -2.33. The molecule has 1 aliphatic heterocycles. The lowest BCUT2D eigenvalue weighted by molar-refractivity contribution is -0.137. The van der Waals surface area contributed by atoms with Crippen molar-refractivity contribution >= 4 is 5.69 Å². The van der Waals surface area contributed by atoms with E-state index >= 15 is 0 Å². The van der Waals surface area contributed by atoms with Crippen LogP contribution in [-0.4, -0.2) is 6.54 Å². The average Bonchev–Trinajstić information content (AvgIpc) is 3.48. The molecule has 1 heterocycles. The summed E-state index contributed by atoms with van der Waals surface area (Å²) in [7, 11) is 0. The summed E-state index contributed by atoms with van der Waals surface area (Å²) in [6, 6.07) is 8.69. The van der Waals surface area contributed by atoms with Gasteiger partial charge in [0, 0.05) is 5.69 Å². The molecule has 0 amide bonds. The van der Waals surface area contributed by atoms with Gasteiger partial charge in [-0.25, -0.2) is 4.39 Å². The van der Waals surface area contributed by atoms with Crippen LogP contribution >= 0.6 is 0 Å². The van der Waals surface area contributed by atoms with Crippen LogP contribution in [0.25, 0.3) is 0 Å². The molecule has 0 bridgehead atoms. The molecule has 2 aromatic rings. The fourth-order valence-corrected chi connectivity index (χ4v) is 4.26. The van der Waals surface area contributed by atoms with Crippen molar-refractivity contribution in [2.45, 2.75) is 50.2 Å². The van der Waals surface area contributed by atoms with E-state index in [1.54, 1.807) is 12.1 Å². The van der Waals surface area contributed by atoms with E-state index in [4.69, 9.17) is 6.42 Å². The molecule has 1 saturated carbocycles. The molecular formula is C23H21F4N. The molecule has 2 aromatic carbocycles. The van der Waals surface area contributed by atoms with Crippen LogP contribution in [0.5, 0.6) is 0 Å². The molecule has 1 unspecified atom stereocenters. The van der Waals surface area contributed by atoms with Gasteiger partial charge in [0.2, 0.25) is 0 Å². The largest absolute Gasteiger partial charge is 0.416 e. The van der Waals surface area contributed by atoms with E-state index in [1.165, 1.54) is 24.3 Å². The summed E-state index contributed by atoms with van der Waals surface area (Å²) in [6.07, 6.45) is 5.41. The molecule has 2 aliphatic rings. The summed E-state index contributed by atoms with van der Waals surface area (Å²) in [5.41, 5.74) is 2.88. The van der Waals surface area contributed by atoms with Gasteiger partial charge in [0.1, 0.15) is 5.82 Å². The third-order valence-electron chi connectivity index (χ3n) is 5.70. The van der Waals surface area contributed by atoms with Gasteiger partial charge in [-0.2, -0.15) is 13.2 Å². The minimum Gasteiger partial charge on any atom is -0.353 e. The molecule has 1 aliphatic carbocycles. The molecule has 1 nitrogen and oxygen atoms in total. The number of rotatable bonds is 3. The molecule has 1 fully saturated rings. The molecule has 1 atom stereocenters. The van der Waals surface area contributed by atoms with Crippen LogP contribution in [0, 0.1) is 18.2 Å². The van der Waals surface area contributed by atoms with Crippen molar-refractivity contribution in [1.29, 1.82) is 0 Å². The Labute approximate surface area is 162 Å². The fraction of sp³-hybridized carbons (Fsp3) is 0.391. The fourth-order valence-electron chi connectivity index (χ4n) is 4.26. The summed E-state index contributed by atoms with van der Waals surface area (Å²) in [5.74, 6) is 2.57. The number of aryl methyl sites for hydroxylation is 1. The number of halogens is 4. The van der Waals surface area contributed by atoms with E-state index in [0.29, 0.717) is 6.54 Å². The third kappa shape index (κ3) is 3.61. The number of hydrogen-bond acceptors (Lipinski definition) is 1. The Kier molecular flexibility index (Phi) is 4.82. The highest BCUT2D eigenvalue weighted by Crippen LogP contribution is 2.48. The van der Waals surface area contributed by atoms with Crippen LogP contribution in [-0.2, 0) is 12.6 Å². The first-order chi connectivity index (χ1) is 13.4. The van der Waals surface area contributed by atoms with Crippen molar-refractivity contribution in [2.24, 2.45) is 0 Å². The predicted molar refractivity (Wildman–Crippen MR) is 102 cm³/mol. The van der Waals surface area contributed by atoms with Crippen molar-refractivity contribution in [2.75, 3.05) is 11.4 Å². The molecule has 146 valence electrons. The first-order valence-electron chi connectivity index (χ1n) is 9.58. The van der Waals surface area contributed by atoms with Gasteiger partial charge in [-0.15, -0.1) is 6.42 Å². The van der Waals surface area contributed by atoms with Crippen LogP contribution in [0.2, 0.25) is 0 Å². The number of fused-ring (bicyclic) bond motifs is 1. The maximum atomic E-state index is 13.7. The highest BCUT2D eigenvalue weighted by molar-refractivity contribution is 5.58.